The van der Waals surface area contributed by atoms with Gasteiger partial charge in [-0.2, -0.15) is 0 Å². The Morgan fingerprint density at radius 2 is 1.89 bits per heavy atom. The highest BCUT2D eigenvalue weighted by Crippen LogP contribution is 2.28. The van der Waals surface area contributed by atoms with E-state index in [4.69, 9.17) is 23.8 Å². The molecule has 0 aliphatic rings. The van der Waals surface area contributed by atoms with Gasteiger partial charge in [0.15, 0.2) is 0 Å². The van der Waals surface area contributed by atoms with Crippen molar-refractivity contribution in [3.63, 3.8) is 0 Å². The summed E-state index contributed by atoms with van der Waals surface area (Å²) in [4.78, 5) is 25.2. The fourth-order valence-corrected chi connectivity index (χ4v) is 3.70. The molecular weight excluding hydrogens is 460 g/mol. The number of aromatic nitrogens is 5. The minimum Gasteiger partial charge on any atom is -0.341 e. The molecule has 0 spiro atoms. The first-order valence-corrected chi connectivity index (χ1v) is 11.1. The summed E-state index contributed by atoms with van der Waals surface area (Å²) in [6.07, 6.45) is 12.5. The van der Waals surface area contributed by atoms with Crippen molar-refractivity contribution < 1.29 is 0 Å². The predicted molar refractivity (Wildman–Crippen MR) is 139 cm³/mol. The van der Waals surface area contributed by atoms with Crippen LogP contribution in [-0.4, -0.2) is 24.1 Å². The van der Waals surface area contributed by atoms with E-state index in [9.17, 15) is 4.79 Å². The van der Waals surface area contributed by atoms with E-state index < -0.39 is 6.04 Å². The first-order valence-electron chi connectivity index (χ1n) is 10.7. The van der Waals surface area contributed by atoms with Crippen LogP contribution in [0.1, 0.15) is 23.0 Å². The quantitative estimate of drug-likeness (QED) is 0.391. The van der Waals surface area contributed by atoms with Crippen molar-refractivity contribution in [1.29, 1.82) is 0 Å². The van der Waals surface area contributed by atoms with E-state index in [0.29, 0.717) is 33.2 Å². The van der Waals surface area contributed by atoms with Gasteiger partial charge in [-0.3, -0.25) is 9.78 Å². The van der Waals surface area contributed by atoms with Crippen LogP contribution in [0.25, 0.3) is 22.2 Å². The molecule has 4 aromatic heterocycles. The number of nitrogens with two attached hydrogens (primary N) is 1. The summed E-state index contributed by atoms with van der Waals surface area (Å²) in [6.45, 7) is 0. The first-order chi connectivity index (χ1) is 16.9. The zero-order chi connectivity index (χ0) is 24.9. The number of pyridine rings is 3. The average molecular weight is 483 g/mol. The molecule has 1 atom stereocenters. The Bertz CT molecular complexity index is 1570. The average Bonchev–Trinajstić information content (AvgIpc) is 3.37. The number of fused-ring (bicyclic) bond motifs is 1. The van der Waals surface area contributed by atoms with Gasteiger partial charge in [0.05, 0.1) is 35.5 Å². The number of nitrogens with zero attached hydrogens (tertiary/aromatic N) is 5. The van der Waals surface area contributed by atoms with Crippen molar-refractivity contribution in [3.8, 4) is 23.6 Å². The fourth-order valence-electron chi connectivity index (χ4n) is 3.58. The van der Waals surface area contributed by atoms with Crippen LogP contribution in [0, 0.1) is 12.3 Å². The number of halogens is 1. The summed E-state index contributed by atoms with van der Waals surface area (Å²) >= 11 is 5.98. The Labute approximate surface area is 207 Å². The number of aryl methyl sites for hydroxylation is 2. The lowest BCUT2D eigenvalue weighted by Gasteiger charge is -2.15. The van der Waals surface area contributed by atoms with Crippen LogP contribution in [-0.2, 0) is 14.1 Å². The molecule has 0 saturated carbocycles. The number of benzene rings is 1. The summed E-state index contributed by atoms with van der Waals surface area (Å²) < 4.78 is 3.44. The van der Waals surface area contributed by atoms with Gasteiger partial charge < -0.3 is 14.9 Å². The Hall–Kier alpha value is -4.25. The standard InChI is InChI=1S/C23H17ClN4O.C4H6N2/c1-3-16-5-4-6-19(27-16)17-12-22(29)28(2)21-13-26-20(11-18(17)21)23(25)14-7-9-15(24)10-8-14;1-6-3-2-5-4-6/h1,4-13,23H,25H2,2H3;2-4H,1H3. The minimum atomic E-state index is -0.438. The maximum atomic E-state index is 12.5. The van der Waals surface area contributed by atoms with E-state index in [2.05, 4.69) is 20.9 Å². The van der Waals surface area contributed by atoms with Crippen LogP contribution in [0.3, 0.4) is 0 Å². The summed E-state index contributed by atoms with van der Waals surface area (Å²) in [5.74, 6) is 2.53. The number of hydrogen-bond acceptors (Lipinski definition) is 5. The predicted octanol–water partition coefficient (Wildman–Crippen LogP) is 4.10. The van der Waals surface area contributed by atoms with Crippen molar-refractivity contribution >= 4 is 22.5 Å². The molecule has 4 heterocycles. The maximum absolute atomic E-state index is 12.5. The lowest BCUT2D eigenvalue weighted by atomic mass is 10.0. The van der Waals surface area contributed by atoms with Crippen LogP contribution in [0.5, 0.6) is 0 Å². The maximum Gasteiger partial charge on any atom is 0.251 e. The molecule has 1 unspecified atom stereocenters. The molecule has 0 amide bonds. The largest absolute Gasteiger partial charge is 0.341 e. The van der Waals surface area contributed by atoms with E-state index in [0.717, 1.165) is 10.9 Å². The summed E-state index contributed by atoms with van der Waals surface area (Å²) in [5, 5.41) is 1.47. The zero-order valence-corrected chi connectivity index (χ0v) is 20.0. The van der Waals surface area contributed by atoms with Gasteiger partial charge >= 0.3 is 0 Å². The molecule has 0 fully saturated rings. The molecule has 8 heteroatoms. The molecular formula is C27H23ClN6O. The molecule has 35 heavy (non-hydrogen) atoms. The molecule has 0 radical (unpaired) electrons. The molecule has 0 aliphatic heterocycles. The highest BCUT2D eigenvalue weighted by atomic mass is 35.5. The Morgan fingerprint density at radius 3 is 2.51 bits per heavy atom. The zero-order valence-electron chi connectivity index (χ0n) is 19.3. The van der Waals surface area contributed by atoms with Crippen LogP contribution >= 0.6 is 11.6 Å². The second-order valence-electron chi connectivity index (χ2n) is 7.89. The van der Waals surface area contributed by atoms with Crippen LogP contribution < -0.4 is 11.3 Å². The van der Waals surface area contributed by atoms with Crippen molar-refractivity contribution in [3.05, 3.63) is 112 Å². The Balaban J connectivity index is 0.000000421. The number of rotatable bonds is 3. The highest BCUT2D eigenvalue weighted by Gasteiger charge is 2.16. The van der Waals surface area contributed by atoms with E-state index in [1.54, 1.807) is 54.6 Å². The normalized spacial score (nSPS) is 11.4. The van der Waals surface area contributed by atoms with Crippen molar-refractivity contribution in [1.82, 2.24) is 24.1 Å². The number of imidazole rings is 1. The highest BCUT2D eigenvalue weighted by molar-refractivity contribution is 6.30. The SMILES string of the molecule is C#Cc1cccc(-c2cc(=O)n(C)c3cnc(C(N)c4ccc(Cl)cc4)cc23)n1.Cn1ccnc1. The number of terminal acetylenes is 1. The van der Waals surface area contributed by atoms with Gasteiger partial charge in [0.25, 0.3) is 5.56 Å². The third kappa shape index (κ3) is 5.30. The van der Waals surface area contributed by atoms with E-state index in [-0.39, 0.29) is 5.56 Å². The van der Waals surface area contributed by atoms with Gasteiger partial charge in [0.2, 0.25) is 0 Å². The summed E-state index contributed by atoms with van der Waals surface area (Å²) in [6, 6.07) is 15.7. The second kappa shape index (κ2) is 10.3. The van der Waals surface area contributed by atoms with Crippen molar-refractivity contribution in [2.45, 2.75) is 6.04 Å². The molecule has 0 saturated heterocycles. The van der Waals surface area contributed by atoms with E-state index in [1.807, 2.05) is 48.1 Å². The molecule has 7 nitrogen and oxygen atoms in total. The van der Waals surface area contributed by atoms with E-state index in [1.165, 1.54) is 0 Å². The van der Waals surface area contributed by atoms with Crippen LogP contribution in [0.2, 0.25) is 5.02 Å². The van der Waals surface area contributed by atoms with Gasteiger partial charge in [0.1, 0.15) is 5.69 Å². The second-order valence-corrected chi connectivity index (χ2v) is 8.33. The topological polar surface area (TPSA) is 91.6 Å². The van der Waals surface area contributed by atoms with Gasteiger partial charge in [-0.15, -0.1) is 6.42 Å². The van der Waals surface area contributed by atoms with Crippen LogP contribution in [0.15, 0.2) is 84.3 Å². The lowest BCUT2D eigenvalue weighted by molar-refractivity contribution is 0.827. The molecule has 0 aliphatic carbocycles. The van der Waals surface area contributed by atoms with E-state index >= 15 is 0 Å². The smallest absolute Gasteiger partial charge is 0.251 e. The van der Waals surface area contributed by atoms with Gasteiger partial charge in [-0.05, 0) is 35.9 Å². The molecule has 5 rings (SSSR count). The summed E-state index contributed by atoms with van der Waals surface area (Å²) in [7, 11) is 3.65. The van der Waals surface area contributed by atoms with Gasteiger partial charge in [-0.1, -0.05) is 35.7 Å². The molecule has 1 aromatic carbocycles. The molecule has 0 bridgehead atoms. The van der Waals surface area contributed by atoms with Gasteiger partial charge in [0, 0.05) is 48.5 Å². The Morgan fingerprint density at radius 1 is 1.11 bits per heavy atom. The first kappa shape index (κ1) is 23.9. The van der Waals surface area contributed by atoms with Crippen LogP contribution in [0.4, 0.5) is 0 Å². The van der Waals surface area contributed by atoms with Crippen molar-refractivity contribution in [2.24, 2.45) is 19.8 Å². The Kier molecular flexibility index (Phi) is 7.06. The minimum absolute atomic E-state index is 0.156. The molecule has 174 valence electrons. The number of hydrogen-bond donors (Lipinski definition) is 1. The third-order valence-electron chi connectivity index (χ3n) is 5.51. The fraction of sp³-hybridized carbons (Fsp3) is 0.111. The van der Waals surface area contributed by atoms with Crippen molar-refractivity contribution in [2.75, 3.05) is 0 Å². The lowest BCUT2D eigenvalue weighted by Crippen LogP contribution is -2.18. The monoisotopic (exact) mass is 482 g/mol. The molecule has 2 N–H and O–H groups in total. The van der Waals surface area contributed by atoms with Gasteiger partial charge in [-0.25, -0.2) is 9.97 Å². The third-order valence-corrected chi connectivity index (χ3v) is 5.76. The summed E-state index contributed by atoms with van der Waals surface area (Å²) in [5.41, 5.74) is 10.4. The molecule has 5 aromatic rings.